The van der Waals surface area contributed by atoms with E-state index in [1.54, 1.807) is 0 Å². The summed E-state index contributed by atoms with van der Waals surface area (Å²) in [6, 6.07) is 0. The van der Waals surface area contributed by atoms with Crippen LogP contribution in [0.5, 0.6) is 0 Å². The third-order valence-electron chi connectivity index (χ3n) is 16.9. The van der Waals surface area contributed by atoms with Crippen molar-refractivity contribution >= 4 is 17.9 Å². The Morgan fingerprint density at radius 1 is 0.235 bits per heavy atom. The highest BCUT2D eigenvalue weighted by atomic mass is 16.6. The van der Waals surface area contributed by atoms with Gasteiger partial charge >= 0.3 is 17.9 Å². The molecule has 0 bridgehead atoms. The molecular formula is C75H142O6. The van der Waals surface area contributed by atoms with Crippen molar-refractivity contribution in [3.63, 3.8) is 0 Å². The average molecular weight is 1140 g/mol. The molecule has 81 heavy (non-hydrogen) atoms. The van der Waals surface area contributed by atoms with Crippen LogP contribution in [0, 0.1) is 0 Å². The molecule has 0 fully saturated rings. The predicted molar refractivity (Wildman–Crippen MR) is 353 cm³/mol. The fraction of sp³-hybridized carbons (Fsp3) is 0.907. The van der Waals surface area contributed by atoms with Crippen LogP contribution in [0.25, 0.3) is 0 Å². The standard InChI is InChI=1S/C75H142O6/c1-4-7-10-13-16-19-22-25-28-31-33-34-35-36-37-38-39-40-41-42-43-45-47-50-53-56-59-62-65-68-74(77)80-71-72(70-79-73(76)67-64-61-58-55-52-49-46-30-27-24-21-18-15-12-9-6-3)81-75(78)69-66-63-60-57-54-51-48-44-32-29-26-23-20-17-14-11-8-5-2/h30-31,33,46,72H,4-29,32,34-45,47-71H2,1-3H3/b33-31-,46-30-. The summed E-state index contributed by atoms with van der Waals surface area (Å²) in [5, 5.41) is 0. The maximum absolute atomic E-state index is 13.0. The van der Waals surface area contributed by atoms with Crippen molar-refractivity contribution in [1.29, 1.82) is 0 Å². The molecule has 1 atom stereocenters. The first-order chi connectivity index (χ1) is 40.0. The Kier molecular flexibility index (Phi) is 68.5. The first kappa shape index (κ1) is 78.9. The number of hydrogen-bond donors (Lipinski definition) is 0. The molecule has 0 heterocycles. The Labute approximate surface area is 506 Å². The first-order valence-electron chi connectivity index (χ1n) is 36.8. The molecule has 0 aliphatic heterocycles. The van der Waals surface area contributed by atoms with Gasteiger partial charge in [0.2, 0.25) is 0 Å². The van der Waals surface area contributed by atoms with E-state index in [4.69, 9.17) is 14.2 Å². The number of hydrogen-bond acceptors (Lipinski definition) is 6. The van der Waals surface area contributed by atoms with Crippen LogP contribution in [-0.2, 0) is 28.6 Å². The third-order valence-corrected chi connectivity index (χ3v) is 16.9. The Balaban J connectivity index is 4.20. The molecule has 0 aliphatic carbocycles. The summed E-state index contributed by atoms with van der Waals surface area (Å²) >= 11 is 0. The summed E-state index contributed by atoms with van der Waals surface area (Å²) in [6.45, 7) is 6.72. The molecule has 6 nitrogen and oxygen atoms in total. The second-order valence-corrected chi connectivity index (χ2v) is 25.2. The second-order valence-electron chi connectivity index (χ2n) is 25.2. The minimum atomic E-state index is -0.772. The minimum absolute atomic E-state index is 0.0673. The van der Waals surface area contributed by atoms with E-state index in [2.05, 4.69) is 45.1 Å². The first-order valence-corrected chi connectivity index (χ1v) is 36.8. The van der Waals surface area contributed by atoms with E-state index in [0.29, 0.717) is 19.3 Å². The van der Waals surface area contributed by atoms with Gasteiger partial charge in [-0.15, -0.1) is 0 Å². The van der Waals surface area contributed by atoms with Gasteiger partial charge in [0.1, 0.15) is 13.2 Å². The summed E-state index contributed by atoms with van der Waals surface area (Å²) in [5.41, 5.74) is 0. The van der Waals surface area contributed by atoms with Gasteiger partial charge in [0.05, 0.1) is 0 Å². The van der Waals surface area contributed by atoms with Gasteiger partial charge in [0.25, 0.3) is 0 Å². The van der Waals surface area contributed by atoms with E-state index in [-0.39, 0.29) is 31.1 Å². The Hall–Kier alpha value is -2.11. The molecule has 0 amide bonds. The third kappa shape index (κ3) is 68.6. The number of carbonyl (C=O) groups is 3. The van der Waals surface area contributed by atoms with Crippen LogP contribution in [0.3, 0.4) is 0 Å². The fourth-order valence-corrected chi connectivity index (χ4v) is 11.4. The van der Waals surface area contributed by atoms with Gasteiger partial charge in [-0.05, 0) is 70.6 Å². The monoisotopic (exact) mass is 1140 g/mol. The van der Waals surface area contributed by atoms with Crippen LogP contribution < -0.4 is 0 Å². The lowest BCUT2D eigenvalue weighted by molar-refractivity contribution is -0.167. The Morgan fingerprint density at radius 3 is 0.617 bits per heavy atom. The van der Waals surface area contributed by atoms with Gasteiger partial charge in [-0.25, -0.2) is 0 Å². The van der Waals surface area contributed by atoms with Crippen LogP contribution >= 0.6 is 0 Å². The van der Waals surface area contributed by atoms with Crippen molar-refractivity contribution in [2.24, 2.45) is 0 Å². The Morgan fingerprint density at radius 2 is 0.407 bits per heavy atom. The van der Waals surface area contributed by atoms with Crippen LogP contribution in [0.2, 0.25) is 0 Å². The van der Waals surface area contributed by atoms with Gasteiger partial charge in [-0.1, -0.05) is 353 Å². The van der Waals surface area contributed by atoms with Gasteiger partial charge in [-0.2, -0.15) is 0 Å². The maximum Gasteiger partial charge on any atom is 0.306 e. The normalized spacial score (nSPS) is 12.1. The highest BCUT2D eigenvalue weighted by Crippen LogP contribution is 2.19. The molecule has 0 aliphatic rings. The summed E-state index contributed by atoms with van der Waals surface area (Å²) in [7, 11) is 0. The number of carbonyl (C=O) groups excluding carboxylic acids is 3. The van der Waals surface area contributed by atoms with Crippen molar-refractivity contribution in [1.82, 2.24) is 0 Å². The fourth-order valence-electron chi connectivity index (χ4n) is 11.4. The summed E-state index contributed by atoms with van der Waals surface area (Å²) < 4.78 is 17.0. The van der Waals surface area contributed by atoms with Crippen molar-refractivity contribution < 1.29 is 28.6 Å². The lowest BCUT2D eigenvalue weighted by Crippen LogP contribution is -2.30. The molecule has 0 N–H and O–H groups in total. The molecule has 0 aromatic rings. The SMILES string of the molecule is CCCCCCCCC/C=C\CCCCCCCC(=O)OCC(COC(=O)CCCCCCCCCCCCCCCCCCC/C=C\CCCCCCCCCC)OC(=O)CCCCCCCCCCCCCCCCCCCC. The molecular weight excluding hydrogens is 997 g/mol. The molecule has 1 unspecified atom stereocenters. The number of allylic oxidation sites excluding steroid dienone is 4. The highest BCUT2D eigenvalue weighted by molar-refractivity contribution is 5.71. The molecule has 478 valence electrons. The Bertz CT molecular complexity index is 1310. The van der Waals surface area contributed by atoms with E-state index >= 15 is 0 Å². The zero-order valence-electron chi connectivity index (χ0n) is 55.1. The number of unbranched alkanes of at least 4 members (excludes halogenated alkanes) is 54. The van der Waals surface area contributed by atoms with E-state index in [0.717, 1.165) is 64.2 Å². The highest BCUT2D eigenvalue weighted by Gasteiger charge is 2.19. The predicted octanol–water partition coefficient (Wildman–Crippen LogP) is 25.3. The van der Waals surface area contributed by atoms with Crippen molar-refractivity contribution in [3.8, 4) is 0 Å². The number of rotatable bonds is 69. The largest absolute Gasteiger partial charge is 0.462 e. The van der Waals surface area contributed by atoms with Gasteiger partial charge in [0, 0.05) is 19.3 Å². The van der Waals surface area contributed by atoms with Gasteiger partial charge in [0.15, 0.2) is 6.10 Å². The molecule has 0 saturated carbocycles. The molecule has 0 saturated heterocycles. The number of esters is 3. The van der Waals surface area contributed by atoms with E-state index in [1.807, 2.05) is 0 Å². The average Bonchev–Trinajstić information content (AvgIpc) is 3.47. The van der Waals surface area contributed by atoms with Crippen LogP contribution in [0.1, 0.15) is 419 Å². The van der Waals surface area contributed by atoms with E-state index in [9.17, 15) is 14.4 Å². The molecule has 6 heteroatoms. The molecule has 0 aromatic heterocycles. The molecule has 0 radical (unpaired) electrons. The maximum atomic E-state index is 13.0. The van der Waals surface area contributed by atoms with Crippen molar-refractivity contribution in [2.75, 3.05) is 13.2 Å². The zero-order chi connectivity index (χ0) is 58.5. The second kappa shape index (κ2) is 70.4. The van der Waals surface area contributed by atoms with Crippen molar-refractivity contribution in [2.45, 2.75) is 425 Å². The lowest BCUT2D eigenvalue weighted by Gasteiger charge is -2.18. The van der Waals surface area contributed by atoms with Crippen molar-refractivity contribution in [3.05, 3.63) is 24.3 Å². The summed E-state index contributed by atoms with van der Waals surface area (Å²) in [4.78, 5) is 38.5. The van der Waals surface area contributed by atoms with E-state index < -0.39 is 6.10 Å². The molecule has 0 spiro atoms. The van der Waals surface area contributed by atoms with Crippen LogP contribution in [0.15, 0.2) is 24.3 Å². The smallest absolute Gasteiger partial charge is 0.306 e. The topological polar surface area (TPSA) is 78.9 Å². The summed E-state index contributed by atoms with van der Waals surface area (Å²) in [5.74, 6) is -0.841. The minimum Gasteiger partial charge on any atom is -0.462 e. The van der Waals surface area contributed by atoms with Gasteiger partial charge in [-0.3, -0.25) is 14.4 Å². The number of ether oxygens (including phenoxy) is 3. The van der Waals surface area contributed by atoms with Crippen LogP contribution in [0.4, 0.5) is 0 Å². The van der Waals surface area contributed by atoms with E-state index in [1.165, 1.54) is 315 Å². The zero-order valence-corrected chi connectivity index (χ0v) is 55.1. The lowest BCUT2D eigenvalue weighted by atomic mass is 10.0. The van der Waals surface area contributed by atoms with Crippen LogP contribution in [-0.4, -0.2) is 37.2 Å². The quantitative estimate of drug-likeness (QED) is 0.0261. The molecule has 0 aromatic carbocycles. The molecule has 0 rings (SSSR count). The van der Waals surface area contributed by atoms with Gasteiger partial charge < -0.3 is 14.2 Å². The summed E-state index contributed by atoms with van der Waals surface area (Å²) in [6.07, 6.45) is 86.5.